The minimum Gasteiger partial charge on any atom is -0.481 e. The van der Waals surface area contributed by atoms with Crippen LogP contribution in [0, 0.1) is 0 Å². The van der Waals surface area contributed by atoms with Crippen LogP contribution >= 0.6 is 35.0 Å². The van der Waals surface area contributed by atoms with Crippen LogP contribution in [0.25, 0.3) is 0 Å². The minimum absolute atomic E-state index is 0.0982. The number of aromatic nitrogens is 1. The molecule has 1 heterocycles. The van der Waals surface area contributed by atoms with Crippen LogP contribution in [0.15, 0.2) is 17.2 Å². The highest BCUT2D eigenvalue weighted by atomic mass is 35.5. The van der Waals surface area contributed by atoms with E-state index in [0.717, 1.165) is 4.90 Å². The zero-order valence-electron chi connectivity index (χ0n) is 7.04. The van der Waals surface area contributed by atoms with Gasteiger partial charge in [0, 0.05) is 16.8 Å². The van der Waals surface area contributed by atoms with Gasteiger partial charge in [0.15, 0.2) is 0 Å². The van der Waals surface area contributed by atoms with E-state index in [1.165, 1.54) is 18.0 Å². The summed E-state index contributed by atoms with van der Waals surface area (Å²) in [4.78, 5) is 14.8. The molecule has 0 fully saturated rings. The number of halogens is 2. The smallest absolute Gasteiger partial charge is 0.304 e. The van der Waals surface area contributed by atoms with Gasteiger partial charge in [-0.1, -0.05) is 23.2 Å². The summed E-state index contributed by atoms with van der Waals surface area (Å²) in [5.74, 6) is -0.358. The van der Waals surface area contributed by atoms with Gasteiger partial charge in [0.2, 0.25) is 0 Å². The highest BCUT2D eigenvalue weighted by Gasteiger charge is 2.06. The van der Waals surface area contributed by atoms with E-state index in [1.807, 2.05) is 0 Å². The Kier molecular flexibility index (Phi) is 4.51. The van der Waals surface area contributed by atoms with Crippen molar-refractivity contribution in [3.05, 3.63) is 22.4 Å². The molecule has 0 aliphatic heterocycles. The summed E-state index contributed by atoms with van der Waals surface area (Å²) < 4.78 is 0. The number of pyridine rings is 1. The van der Waals surface area contributed by atoms with Crippen LogP contribution in [-0.2, 0) is 4.79 Å². The molecule has 1 aromatic heterocycles. The van der Waals surface area contributed by atoms with E-state index in [4.69, 9.17) is 28.3 Å². The lowest BCUT2D eigenvalue weighted by molar-refractivity contribution is -0.136. The van der Waals surface area contributed by atoms with E-state index in [2.05, 4.69) is 4.98 Å². The molecule has 3 nitrogen and oxygen atoms in total. The molecule has 0 aliphatic carbocycles. The molecule has 0 unspecified atom stereocenters. The minimum atomic E-state index is -0.825. The van der Waals surface area contributed by atoms with Crippen LogP contribution in [0.5, 0.6) is 0 Å². The van der Waals surface area contributed by atoms with Crippen molar-refractivity contribution in [2.75, 3.05) is 5.75 Å². The lowest BCUT2D eigenvalue weighted by Gasteiger charge is -2.02. The summed E-state index contributed by atoms with van der Waals surface area (Å²) in [6.07, 6.45) is 1.64. The fourth-order valence-electron chi connectivity index (χ4n) is 0.762. The number of carbonyl (C=O) groups is 1. The Balaban J connectivity index is 2.59. The number of aliphatic carboxylic acids is 1. The highest BCUT2D eigenvalue weighted by molar-refractivity contribution is 7.99. The van der Waals surface area contributed by atoms with Crippen molar-refractivity contribution < 1.29 is 9.90 Å². The molecule has 76 valence electrons. The van der Waals surface area contributed by atoms with E-state index in [0.29, 0.717) is 10.8 Å². The van der Waals surface area contributed by atoms with Crippen molar-refractivity contribution in [3.63, 3.8) is 0 Å². The normalized spacial score (nSPS) is 10.1. The molecule has 0 aliphatic rings. The largest absolute Gasteiger partial charge is 0.481 e. The number of thioether (sulfide) groups is 1. The second-order valence-corrected chi connectivity index (χ2v) is 4.28. The molecule has 0 saturated heterocycles. The lowest BCUT2D eigenvalue weighted by atomic mass is 10.5. The summed E-state index contributed by atoms with van der Waals surface area (Å²) in [7, 11) is 0. The van der Waals surface area contributed by atoms with Crippen LogP contribution in [0.1, 0.15) is 6.42 Å². The standard InChI is InChI=1S/C8H7Cl2NO2S/c9-7-5(1-3-11-8(7)10)14-4-2-6(12)13/h1,3H,2,4H2,(H,12,13). The molecule has 0 bridgehead atoms. The van der Waals surface area contributed by atoms with E-state index < -0.39 is 5.97 Å². The quantitative estimate of drug-likeness (QED) is 0.661. The molecule has 1 aromatic rings. The number of carboxylic acid groups (broad SMARTS) is 1. The van der Waals surface area contributed by atoms with Gasteiger partial charge in [0.25, 0.3) is 0 Å². The monoisotopic (exact) mass is 251 g/mol. The lowest BCUT2D eigenvalue weighted by Crippen LogP contribution is -1.95. The van der Waals surface area contributed by atoms with Crippen LogP contribution in [-0.4, -0.2) is 21.8 Å². The first-order valence-electron chi connectivity index (χ1n) is 3.76. The summed E-state index contributed by atoms with van der Waals surface area (Å²) in [5.41, 5.74) is 0. The summed E-state index contributed by atoms with van der Waals surface area (Å²) in [6.45, 7) is 0. The van der Waals surface area contributed by atoms with E-state index in [9.17, 15) is 4.79 Å². The van der Waals surface area contributed by atoms with Crippen molar-refractivity contribution in [1.29, 1.82) is 0 Å². The third kappa shape index (κ3) is 3.36. The molecule has 1 N–H and O–H groups in total. The van der Waals surface area contributed by atoms with Crippen molar-refractivity contribution in [1.82, 2.24) is 4.98 Å². The molecule has 0 spiro atoms. The molecule has 6 heteroatoms. The van der Waals surface area contributed by atoms with Gasteiger partial charge in [-0.2, -0.15) is 0 Å². The average Bonchev–Trinajstić information content (AvgIpc) is 2.12. The fraction of sp³-hybridized carbons (Fsp3) is 0.250. The first-order chi connectivity index (χ1) is 6.61. The molecule has 0 aromatic carbocycles. The van der Waals surface area contributed by atoms with E-state index in [1.54, 1.807) is 6.07 Å². The molecule has 0 saturated carbocycles. The highest BCUT2D eigenvalue weighted by Crippen LogP contribution is 2.31. The van der Waals surface area contributed by atoms with Crippen LogP contribution in [0.3, 0.4) is 0 Å². The average molecular weight is 252 g/mol. The van der Waals surface area contributed by atoms with E-state index >= 15 is 0 Å². The number of carboxylic acids is 1. The zero-order chi connectivity index (χ0) is 10.6. The Labute approximate surface area is 95.4 Å². The second kappa shape index (κ2) is 5.44. The first kappa shape index (κ1) is 11.6. The molecule has 14 heavy (non-hydrogen) atoms. The first-order valence-corrected chi connectivity index (χ1v) is 5.50. The number of hydrogen-bond acceptors (Lipinski definition) is 3. The fourth-order valence-corrected chi connectivity index (χ4v) is 2.13. The van der Waals surface area contributed by atoms with Gasteiger partial charge < -0.3 is 5.11 Å². The Hall–Kier alpha value is -0.450. The number of nitrogens with zero attached hydrogens (tertiary/aromatic N) is 1. The van der Waals surface area contributed by atoms with Crippen LogP contribution in [0.4, 0.5) is 0 Å². The zero-order valence-corrected chi connectivity index (χ0v) is 9.36. The van der Waals surface area contributed by atoms with Crippen molar-refractivity contribution in [3.8, 4) is 0 Å². The van der Waals surface area contributed by atoms with Crippen molar-refractivity contribution in [2.24, 2.45) is 0 Å². The Morgan fingerprint density at radius 1 is 1.57 bits per heavy atom. The number of rotatable bonds is 4. The number of hydrogen-bond donors (Lipinski definition) is 1. The van der Waals surface area contributed by atoms with Gasteiger partial charge >= 0.3 is 5.97 Å². The molecule has 1 rings (SSSR count). The van der Waals surface area contributed by atoms with Gasteiger partial charge in [0.05, 0.1) is 11.4 Å². The maximum absolute atomic E-state index is 10.3. The Bertz CT molecular complexity index is 346. The molecule has 0 atom stereocenters. The van der Waals surface area contributed by atoms with Crippen molar-refractivity contribution >= 4 is 40.9 Å². The second-order valence-electron chi connectivity index (χ2n) is 2.41. The summed E-state index contributed by atoms with van der Waals surface area (Å²) in [6, 6.07) is 1.71. The Morgan fingerprint density at radius 2 is 2.29 bits per heavy atom. The van der Waals surface area contributed by atoms with Gasteiger partial charge in [-0.25, -0.2) is 4.98 Å². The SMILES string of the molecule is O=C(O)CCSc1ccnc(Cl)c1Cl. The van der Waals surface area contributed by atoms with Gasteiger partial charge in [0.1, 0.15) is 5.15 Å². The predicted molar refractivity (Wildman–Crippen MR) is 57.2 cm³/mol. The Morgan fingerprint density at radius 3 is 2.93 bits per heavy atom. The van der Waals surface area contributed by atoms with E-state index in [-0.39, 0.29) is 11.6 Å². The topological polar surface area (TPSA) is 50.2 Å². The summed E-state index contributed by atoms with van der Waals surface area (Å²) in [5, 5.41) is 9.05. The van der Waals surface area contributed by atoms with Gasteiger partial charge in [-0.3, -0.25) is 4.79 Å². The molecule has 0 amide bonds. The van der Waals surface area contributed by atoms with Crippen LogP contribution < -0.4 is 0 Å². The maximum atomic E-state index is 10.3. The molecule has 0 radical (unpaired) electrons. The van der Waals surface area contributed by atoms with Gasteiger partial charge in [-0.15, -0.1) is 11.8 Å². The van der Waals surface area contributed by atoms with Gasteiger partial charge in [-0.05, 0) is 6.07 Å². The molecular weight excluding hydrogens is 245 g/mol. The van der Waals surface area contributed by atoms with Crippen LogP contribution in [0.2, 0.25) is 10.2 Å². The van der Waals surface area contributed by atoms with Crippen molar-refractivity contribution in [2.45, 2.75) is 11.3 Å². The summed E-state index contributed by atoms with van der Waals surface area (Å²) >= 11 is 12.9. The third-order valence-electron chi connectivity index (χ3n) is 1.38. The third-order valence-corrected chi connectivity index (χ3v) is 3.32. The molecular formula is C8H7Cl2NO2S. The predicted octanol–water partition coefficient (Wildman–Crippen LogP) is 2.96. The maximum Gasteiger partial charge on any atom is 0.304 e.